The molecule has 29 heavy (non-hydrogen) atoms. The Morgan fingerprint density at radius 1 is 1.24 bits per heavy atom. The first-order chi connectivity index (χ1) is 13.6. The lowest BCUT2D eigenvalue weighted by atomic mass is 10.0. The van der Waals surface area contributed by atoms with Gasteiger partial charge in [0.05, 0.1) is 17.4 Å². The normalized spacial score (nSPS) is 12.2. The van der Waals surface area contributed by atoms with E-state index in [2.05, 4.69) is 10.3 Å². The predicted molar refractivity (Wildman–Crippen MR) is 107 cm³/mol. The Morgan fingerprint density at radius 2 is 1.93 bits per heavy atom. The van der Waals surface area contributed by atoms with E-state index >= 15 is 0 Å². The Balaban J connectivity index is 1.90. The molecule has 5 nitrogen and oxygen atoms in total. The Kier molecular flexibility index (Phi) is 5.74. The van der Waals surface area contributed by atoms with Crippen LogP contribution in [0.2, 0.25) is 0 Å². The summed E-state index contributed by atoms with van der Waals surface area (Å²) in [5, 5.41) is 3.50. The number of alkyl halides is 3. The zero-order valence-corrected chi connectivity index (χ0v) is 16.3. The van der Waals surface area contributed by atoms with Gasteiger partial charge in [-0.25, -0.2) is 4.98 Å². The number of hydrogen-bond acceptors (Lipinski definition) is 3. The van der Waals surface area contributed by atoms with Crippen LogP contribution in [0.25, 0.3) is 22.2 Å². The van der Waals surface area contributed by atoms with Crippen molar-refractivity contribution in [3.05, 3.63) is 60.4 Å². The summed E-state index contributed by atoms with van der Waals surface area (Å²) in [5.41, 5.74) is 1.86. The number of amides is 1. The number of aryl methyl sites for hydroxylation is 1. The van der Waals surface area contributed by atoms with Crippen LogP contribution in [0.1, 0.15) is 5.56 Å². The van der Waals surface area contributed by atoms with Crippen LogP contribution in [0.3, 0.4) is 0 Å². The molecule has 0 aliphatic rings. The van der Waals surface area contributed by atoms with Crippen molar-refractivity contribution in [2.24, 2.45) is 7.05 Å². The maximum Gasteiger partial charge on any atom is 0.416 e. The molecule has 8 heteroatoms. The molecule has 0 bridgehead atoms. The average molecular weight is 402 g/mol. The fourth-order valence-corrected chi connectivity index (χ4v) is 2.95. The van der Waals surface area contributed by atoms with Gasteiger partial charge >= 0.3 is 6.18 Å². The maximum atomic E-state index is 12.8. The number of carbonyl (C=O) groups excluding carboxylic acids is 1. The highest BCUT2D eigenvalue weighted by Gasteiger charge is 2.30. The molecule has 2 heterocycles. The Hall–Kier alpha value is -3.13. The second-order valence-corrected chi connectivity index (χ2v) is 6.98. The van der Waals surface area contributed by atoms with E-state index in [0.717, 1.165) is 23.1 Å². The topological polar surface area (TPSA) is 50.2 Å². The highest BCUT2D eigenvalue weighted by molar-refractivity contribution is 6.02. The third-order valence-corrected chi connectivity index (χ3v) is 4.34. The van der Waals surface area contributed by atoms with Gasteiger partial charge in [0.2, 0.25) is 5.91 Å². The molecule has 0 radical (unpaired) electrons. The van der Waals surface area contributed by atoms with Crippen molar-refractivity contribution in [3.63, 3.8) is 0 Å². The first-order valence-corrected chi connectivity index (χ1v) is 8.90. The summed E-state index contributed by atoms with van der Waals surface area (Å²) in [4.78, 5) is 18.4. The Bertz CT molecular complexity index is 1050. The van der Waals surface area contributed by atoms with E-state index in [9.17, 15) is 18.0 Å². The van der Waals surface area contributed by atoms with Crippen LogP contribution in [-0.4, -0.2) is 41.0 Å². The number of pyridine rings is 1. The minimum atomic E-state index is -4.38. The molecule has 1 N–H and O–H groups in total. The number of anilines is 1. The fraction of sp³-hybridized carbons (Fsp3) is 0.238. The van der Waals surface area contributed by atoms with Crippen molar-refractivity contribution in [2.45, 2.75) is 6.18 Å². The minimum Gasteiger partial charge on any atom is -0.335 e. The van der Waals surface area contributed by atoms with Crippen molar-refractivity contribution >= 4 is 22.6 Å². The summed E-state index contributed by atoms with van der Waals surface area (Å²) in [6.07, 6.45) is 2.18. The molecule has 2 aromatic heterocycles. The number of benzene rings is 1. The molecular weight excluding hydrogens is 381 g/mol. The zero-order valence-electron chi connectivity index (χ0n) is 16.3. The van der Waals surface area contributed by atoms with E-state index in [-0.39, 0.29) is 5.91 Å². The lowest BCUT2D eigenvalue weighted by molar-refractivity contribution is -0.137. The van der Waals surface area contributed by atoms with Crippen LogP contribution in [0, 0.1) is 0 Å². The van der Waals surface area contributed by atoms with Gasteiger partial charge in [-0.15, -0.1) is 0 Å². The molecule has 152 valence electrons. The fourth-order valence-electron chi connectivity index (χ4n) is 2.95. The second kappa shape index (κ2) is 8.08. The van der Waals surface area contributed by atoms with Crippen LogP contribution < -0.4 is 5.32 Å². The van der Waals surface area contributed by atoms with Crippen LogP contribution in [0.4, 0.5) is 18.9 Å². The van der Waals surface area contributed by atoms with Crippen molar-refractivity contribution in [1.29, 1.82) is 0 Å². The SMILES string of the molecule is CN(C)C/C=C/C(=O)Nc1cnc2c(c1)c(-c1ccc(C(F)(F)F)cc1)cn2C. The van der Waals surface area contributed by atoms with Gasteiger partial charge in [-0.1, -0.05) is 18.2 Å². The van der Waals surface area contributed by atoms with Crippen molar-refractivity contribution in [3.8, 4) is 11.1 Å². The molecule has 0 saturated heterocycles. The average Bonchev–Trinajstić information content (AvgIpc) is 2.97. The van der Waals surface area contributed by atoms with Gasteiger partial charge in [-0.3, -0.25) is 4.79 Å². The van der Waals surface area contributed by atoms with Gasteiger partial charge in [0.15, 0.2) is 0 Å². The number of hydrogen-bond donors (Lipinski definition) is 1. The molecule has 0 aliphatic carbocycles. The predicted octanol–water partition coefficient (Wildman–Crippen LogP) is 4.32. The standard InChI is InChI=1S/C21H21F3N4O/c1-27(2)10-4-5-19(29)26-16-11-17-18(13-28(3)20(17)25-12-16)14-6-8-15(9-7-14)21(22,23)24/h4-9,11-13H,10H2,1-3H3,(H,26,29)/b5-4+. The Morgan fingerprint density at radius 3 is 2.55 bits per heavy atom. The van der Waals surface area contributed by atoms with E-state index in [4.69, 9.17) is 0 Å². The largest absolute Gasteiger partial charge is 0.416 e. The monoisotopic (exact) mass is 402 g/mol. The van der Waals surface area contributed by atoms with Crippen molar-refractivity contribution < 1.29 is 18.0 Å². The van der Waals surface area contributed by atoms with Crippen LogP contribution >= 0.6 is 0 Å². The number of halogens is 3. The summed E-state index contributed by atoms with van der Waals surface area (Å²) in [7, 11) is 5.61. The number of likely N-dealkylation sites (N-methyl/N-ethyl adjacent to an activating group) is 1. The molecule has 1 aromatic carbocycles. The molecule has 3 aromatic rings. The van der Waals surface area contributed by atoms with E-state index in [1.54, 1.807) is 22.9 Å². The van der Waals surface area contributed by atoms with E-state index in [0.29, 0.717) is 23.4 Å². The third-order valence-electron chi connectivity index (χ3n) is 4.34. The molecule has 0 atom stereocenters. The number of carbonyl (C=O) groups is 1. The van der Waals surface area contributed by atoms with Gasteiger partial charge in [0.25, 0.3) is 0 Å². The number of fused-ring (bicyclic) bond motifs is 1. The van der Waals surface area contributed by atoms with Gasteiger partial charge < -0.3 is 14.8 Å². The Labute approximate surface area is 166 Å². The molecule has 3 rings (SSSR count). The van der Waals surface area contributed by atoms with E-state index in [1.165, 1.54) is 18.2 Å². The highest BCUT2D eigenvalue weighted by atomic mass is 19.4. The molecular formula is C21H21F3N4O. The lowest BCUT2D eigenvalue weighted by Gasteiger charge is -2.07. The van der Waals surface area contributed by atoms with Gasteiger partial charge in [-0.2, -0.15) is 13.2 Å². The number of nitrogens with zero attached hydrogens (tertiary/aromatic N) is 3. The second-order valence-electron chi connectivity index (χ2n) is 6.98. The maximum absolute atomic E-state index is 12.8. The van der Waals surface area contributed by atoms with Crippen molar-refractivity contribution in [1.82, 2.24) is 14.5 Å². The summed E-state index contributed by atoms with van der Waals surface area (Å²) in [6.45, 7) is 0.640. The van der Waals surface area contributed by atoms with Gasteiger partial charge in [0.1, 0.15) is 5.65 Å². The molecule has 0 unspecified atom stereocenters. The summed E-state index contributed by atoms with van der Waals surface area (Å²) < 4.78 is 40.3. The summed E-state index contributed by atoms with van der Waals surface area (Å²) in [6, 6.07) is 6.76. The number of rotatable bonds is 5. The quantitative estimate of drug-likeness (QED) is 0.647. The third kappa shape index (κ3) is 4.83. The van der Waals surface area contributed by atoms with Crippen LogP contribution in [0.15, 0.2) is 54.9 Å². The number of nitrogens with one attached hydrogen (secondary N) is 1. The van der Waals surface area contributed by atoms with Gasteiger partial charge in [-0.05, 0) is 37.9 Å². The van der Waals surface area contributed by atoms with Crippen LogP contribution in [-0.2, 0) is 18.0 Å². The van der Waals surface area contributed by atoms with Crippen LogP contribution in [0.5, 0.6) is 0 Å². The van der Waals surface area contributed by atoms with E-state index in [1.807, 2.05) is 32.2 Å². The molecule has 0 aliphatic heterocycles. The minimum absolute atomic E-state index is 0.278. The zero-order chi connectivity index (χ0) is 21.2. The number of aromatic nitrogens is 2. The van der Waals surface area contributed by atoms with Gasteiger partial charge in [0, 0.05) is 36.8 Å². The smallest absolute Gasteiger partial charge is 0.335 e. The highest BCUT2D eigenvalue weighted by Crippen LogP contribution is 2.34. The van der Waals surface area contributed by atoms with E-state index < -0.39 is 11.7 Å². The molecule has 0 spiro atoms. The molecule has 0 saturated carbocycles. The van der Waals surface area contributed by atoms with Crippen molar-refractivity contribution in [2.75, 3.05) is 26.0 Å². The molecule has 0 fully saturated rings. The first kappa shape index (κ1) is 20.6. The first-order valence-electron chi connectivity index (χ1n) is 8.90. The lowest BCUT2D eigenvalue weighted by Crippen LogP contribution is -2.13. The summed E-state index contributed by atoms with van der Waals surface area (Å²) in [5.74, 6) is -0.278. The molecule has 1 amide bonds. The summed E-state index contributed by atoms with van der Waals surface area (Å²) >= 11 is 0.